The predicted molar refractivity (Wildman–Crippen MR) is 129 cm³/mol. The van der Waals surface area contributed by atoms with Crippen molar-refractivity contribution in [1.29, 1.82) is 0 Å². The Kier molecular flexibility index (Phi) is 5.94. The molecular weight excluding hydrogens is 420 g/mol. The highest BCUT2D eigenvalue weighted by Gasteiger charge is 2.34. The minimum atomic E-state index is -0.0745. The fourth-order valence-electron chi connectivity index (χ4n) is 3.61. The smallest absolute Gasteiger partial charge is 0.271 e. The SMILES string of the molecule is O=C1/C(=C/c2ccc3c(c2)OCCO3)S/C(=N\CCc2ccccc2)N1c1ccccc1. The number of thioether (sulfide) groups is 1. The second-order valence-electron chi connectivity index (χ2n) is 7.39. The van der Waals surface area contributed by atoms with Crippen LogP contribution in [0.5, 0.6) is 11.5 Å². The van der Waals surface area contributed by atoms with E-state index in [4.69, 9.17) is 14.5 Å². The van der Waals surface area contributed by atoms with Crippen molar-refractivity contribution in [3.05, 3.63) is 94.9 Å². The van der Waals surface area contributed by atoms with E-state index in [0.717, 1.165) is 23.4 Å². The number of fused-ring (bicyclic) bond motifs is 1. The number of aliphatic imine (C=N–C) groups is 1. The maximum atomic E-state index is 13.3. The average Bonchev–Trinajstić information content (AvgIpc) is 3.15. The summed E-state index contributed by atoms with van der Waals surface area (Å²) in [5, 5.41) is 0.695. The number of nitrogens with zero attached hydrogens (tertiary/aromatic N) is 2. The fourth-order valence-corrected chi connectivity index (χ4v) is 4.62. The molecule has 0 N–H and O–H groups in total. The Hall–Kier alpha value is -3.51. The second-order valence-corrected chi connectivity index (χ2v) is 8.40. The molecule has 0 saturated carbocycles. The Labute approximate surface area is 191 Å². The van der Waals surface area contributed by atoms with Crippen LogP contribution in [0.2, 0.25) is 0 Å². The molecule has 5 nitrogen and oxygen atoms in total. The van der Waals surface area contributed by atoms with Gasteiger partial charge >= 0.3 is 0 Å². The van der Waals surface area contributed by atoms with Gasteiger partial charge in [0.15, 0.2) is 16.7 Å². The first-order valence-electron chi connectivity index (χ1n) is 10.5. The molecule has 2 heterocycles. The molecule has 2 aliphatic heterocycles. The van der Waals surface area contributed by atoms with E-state index in [-0.39, 0.29) is 5.91 Å². The van der Waals surface area contributed by atoms with Crippen molar-refractivity contribution in [2.75, 3.05) is 24.7 Å². The van der Waals surface area contributed by atoms with Crippen LogP contribution in [0.1, 0.15) is 11.1 Å². The molecule has 0 atom stereocenters. The molecule has 0 spiro atoms. The lowest BCUT2D eigenvalue weighted by atomic mass is 10.1. The number of anilines is 1. The van der Waals surface area contributed by atoms with Gasteiger partial charge in [0.25, 0.3) is 5.91 Å². The molecule has 0 radical (unpaired) electrons. The summed E-state index contributed by atoms with van der Waals surface area (Å²) in [7, 11) is 0. The number of benzene rings is 3. The molecule has 1 amide bonds. The summed E-state index contributed by atoms with van der Waals surface area (Å²) in [5.41, 5.74) is 2.93. The van der Waals surface area contributed by atoms with Gasteiger partial charge in [0.1, 0.15) is 13.2 Å². The molecule has 3 aromatic carbocycles. The van der Waals surface area contributed by atoms with Crippen LogP contribution in [0.15, 0.2) is 88.8 Å². The third-order valence-corrected chi connectivity index (χ3v) is 6.18. The molecular formula is C26H22N2O3S. The number of amidine groups is 1. The summed E-state index contributed by atoms with van der Waals surface area (Å²) >= 11 is 1.40. The highest BCUT2D eigenvalue weighted by atomic mass is 32.2. The Morgan fingerprint density at radius 2 is 1.62 bits per heavy atom. The third-order valence-electron chi connectivity index (χ3n) is 5.18. The van der Waals surface area contributed by atoms with Gasteiger partial charge in [-0.3, -0.25) is 14.7 Å². The first kappa shape index (κ1) is 20.4. The van der Waals surface area contributed by atoms with E-state index in [1.54, 1.807) is 4.90 Å². The van der Waals surface area contributed by atoms with Crippen molar-refractivity contribution in [3.63, 3.8) is 0 Å². The zero-order valence-electron chi connectivity index (χ0n) is 17.4. The van der Waals surface area contributed by atoms with Gasteiger partial charge in [0.05, 0.1) is 10.6 Å². The summed E-state index contributed by atoms with van der Waals surface area (Å²) in [6, 6.07) is 25.6. The minimum Gasteiger partial charge on any atom is -0.486 e. The van der Waals surface area contributed by atoms with Gasteiger partial charge in [-0.2, -0.15) is 0 Å². The lowest BCUT2D eigenvalue weighted by Crippen LogP contribution is -2.29. The first-order chi connectivity index (χ1) is 15.8. The van der Waals surface area contributed by atoms with Crippen LogP contribution >= 0.6 is 11.8 Å². The van der Waals surface area contributed by atoms with Gasteiger partial charge < -0.3 is 9.47 Å². The number of carbonyl (C=O) groups is 1. The lowest BCUT2D eigenvalue weighted by Gasteiger charge is -2.18. The van der Waals surface area contributed by atoms with E-state index < -0.39 is 0 Å². The first-order valence-corrected chi connectivity index (χ1v) is 11.4. The van der Waals surface area contributed by atoms with Crippen LogP contribution in [0, 0.1) is 0 Å². The van der Waals surface area contributed by atoms with Gasteiger partial charge in [0.2, 0.25) is 0 Å². The molecule has 2 aliphatic rings. The van der Waals surface area contributed by atoms with E-state index in [2.05, 4.69) is 12.1 Å². The fraction of sp³-hybridized carbons (Fsp3) is 0.154. The minimum absolute atomic E-state index is 0.0745. The quantitative estimate of drug-likeness (QED) is 0.511. The molecule has 0 aromatic heterocycles. The van der Waals surface area contributed by atoms with Gasteiger partial charge in [-0.15, -0.1) is 0 Å². The molecule has 0 aliphatic carbocycles. The van der Waals surface area contributed by atoms with Gasteiger partial charge in [0, 0.05) is 6.54 Å². The third kappa shape index (κ3) is 4.41. The Morgan fingerprint density at radius 1 is 0.906 bits per heavy atom. The topological polar surface area (TPSA) is 51.1 Å². The van der Waals surface area contributed by atoms with E-state index in [9.17, 15) is 4.79 Å². The number of carbonyl (C=O) groups excluding carboxylic acids is 1. The standard InChI is InChI=1S/C26H22N2O3S/c29-25-24(18-20-11-12-22-23(17-20)31-16-15-30-22)32-26(28(25)21-9-5-2-6-10-21)27-14-13-19-7-3-1-4-8-19/h1-12,17-18H,13-16H2/b24-18-,27-26-. The highest BCUT2D eigenvalue weighted by molar-refractivity contribution is 8.19. The van der Waals surface area contributed by atoms with E-state index in [1.807, 2.05) is 72.8 Å². The van der Waals surface area contributed by atoms with Gasteiger partial charge in [-0.1, -0.05) is 54.6 Å². The second kappa shape index (κ2) is 9.32. The Bertz CT molecular complexity index is 1180. The van der Waals surface area contributed by atoms with E-state index >= 15 is 0 Å². The van der Waals surface area contributed by atoms with E-state index in [1.165, 1.54) is 17.3 Å². The number of rotatable bonds is 5. The van der Waals surface area contributed by atoms with Crippen molar-refractivity contribution in [3.8, 4) is 11.5 Å². The van der Waals surface area contributed by atoms with Gasteiger partial charge in [-0.05, 0) is 59.7 Å². The maximum absolute atomic E-state index is 13.3. The van der Waals surface area contributed by atoms with Crippen LogP contribution in [0.25, 0.3) is 6.08 Å². The largest absolute Gasteiger partial charge is 0.486 e. The van der Waals surface area contributed by atoms with Crippen LogP contribution in [-0.2, 0) is 11.2 Å². The molecule has 32 heavy (non-hydrogen) atoms. The molecule has 1 saturated heterocycles. The highest BCUT2D eigenvalue weighted by Crippen LogP contribution is 2.37. The Balaban J connectivity index is 1.42. The van der Waals surface area contributed by atoms with E-state index in [0.29, 0.717) is 35.6 Å². The summed E-state index contributed by atoms with van der Waals surface area (Å²) in [5.74, 6) is 1.37. The molecule has 3 aromatic rings. The van der Waals surface area contributed by atoms with Crippen LogP contribution in [0.3, 0.4) is 0 Å². The van der Waals surface area contributed by atoms with Crippen molar-refractivity contribution in [1.82, 2.24) is 0 Å². The van der Waals surface area contributed by atoms with Crippen molar-refractivity contribution in [2.45, 2.75) is 6.42 Å². The summed E-state index contributed by atoms with van der Waals surface area (Å²) in [4.78, 5) is 20.5. The Morgan fingerprint density at radius 3 is 2.41 bits per heavy atom. The summed E-state index contributed by atoms with van der Waals surface area (Å²) in [6.07, 6.45) is 2.71. The van der Waals surface area contributed by atoms with Crippen LogP contribution in [-0.4, -0.2) is 30.8 Å². The lowest BCUT2D eigenvalue weighted by molar-refractivity contribution is -0.113. The molecule has 0 bridgehead atoms. The average molecular weight is 443 g/mol. The number of para-hydroxylation sites is 1. The molecule has 5 rings (SSSR count). The number of hydrogen-bond acceptors (Lipinski definition) is 5. The summed E-state index contributed by atoms with van der Waals surface area (Å²) < 4.78 is 11.3. The molecule has 6 heteroatoms. The number of amides is 1. The zero-order chi connectivity index (χ0) is 21.8. The van der Waals surface area contributed by atoms with Crippen molar-refractivity contribution >= 4 is 34.6 Å². The predicted octanol–water partition coefficient (Wildman–Crippen LogP) is 5.18. The summed E-state index contributed by atoms with van der Waals surface area (Å²) in [6.45, 7) is 1.69. The number of ether oxygens (including phenoxy) is 2. The maximum Gasteiger partial charge on any atom is 0.271 e. The van der Waals surface area contributed by atoms with Crippen LogP contribution in [0.4, 0.5) is 5.69 Å². The zero-order valence-corrected chi connectivity index (χ0v) is 18.3. The number of hydrogen-bond donors (Lipinski definition) is 0. The van der Waals surface area contributed by atoms with Crippen LogP contribution < -0.4 is 14.4 Å². The van der Waals surface area contributed by atoms with Gasteiger partial charge in [-0.25, -0.2) is 0 Å². The molecule has 1 fully saturated rings. The molecule has 0 unspecified atom stereocenters. The monoisotopic (exact) mass is 442 g/mol. The van der Waals surface area contributed by atoms with Crippen molar-refractivity contribution < 1.29 is 14.3 Å². The normalized spacial score (nSPS) is 17.9. The van der Waals surface area contributed by atoms with Crippen molar-refractivity contribution in [2.24, 2.45) is 4.99 Å². The molecule has 160 valence electrons.